The number of nitro groups is 2. The third-order valence-corrected chi connectivity index (χ3v) is 4.46. The van der Waals surface area contributed by atoms with Gasteiger partial charge in [0, 0.05) is 34.9 Å². The van der Waals surface area contributed by atoms with Crippen LogP contribution in [0.25, 0.3) is 0 Å². The Morgan fingerprint density at radius 1 is 0.862 bits per heavy atom. The van der Waals surface area contributed by atoms with Crippen molar-refractivity contribution in [1.29, 1.82) is 0 Å². The lowest BCUT2D eigenvalue weighted by Crippen LogP contribution is -2.14. The molecule has 0 aliphatic heterocycles. The Morgan fingerprint density at radius 3 is 2.03 bits per heavy atom. The van der Waals surface area contributed by atoms with Crippen molar-refractivity contribution in [2.75, 3.05) is 0 Å². The summed E-state index contributed by atoms with van der Waals surface area (Å²) in [6, 6.07) is 17.4. The first-order valence-electron chi connectivity index (χ1n) is 8.31. The number of nitrogens with zero attached hydrogens (tertiary/aromatic N) is 2. The number of benzene rings is 3. The van der Waals surface area contributed by atoms with Crippen LogP contribution in [0.2, 0.25) is 5.02 Å². The van der Waals surface area contributed by atoms with Gasteiger partial charge < -0.3 is 4.74 Å². The maximum absolute atomic E-state index is 12.6. The van der Waals surface area contributed by atoms with Crippen LogP contribution in [-0.2, 0) is 4.74 Å². The molecule has 0 aliphatic rings. The number of non-ortho nitro benzene ring substituents is 2. The first-order valence-corrected chi connectivity index (χ1v) is 8.69. The number of ether oxygens (including phenoxy) is 1. The van der Waals surface area contributed by atoms with E-state index in [4.69, 9.17) is 16.3 Å². The predicted molar refractivity (Wildman–Crippen MR) is 105 cm³/mol. The summed E-state index contributed by atoms with van der Waals surface area (Å²) in [6.07, 6.45) is -1.01. The molecule has 0 radical (unpaired) electrons. The summed E-state index contributed by atoms with van der Waals surface area (Å²) in [5, 5.41) is 22.1. The van der Waals surface area contributed by atoms with Crippen molar-refractivity contribution in [1.82, 2.24) is 0 Å². The zero-order valence-corrected chi connectivity index (χ0v) is 15.5. The van der Waals surface area contributed by atoms with Gasteiger partial charge in [-0.1, -0.05) is 41.9 Å². The van der Waals surface area contributed by atoms with Crippen molar-refractivity contribution in [2.45, 2.75) is 6.10 Å². The largest absolute Gasteiger partial charge is 0.449 e. The van der Waals surface area contributed by atoms with Gasteiger partial charge in [-0.05, 0) is 23.8 Å². The molecule has 0 aliphatic carbocycles. The molecule has 3 aromatic carbocycles. The Balaban J connectivity index is 1.99. The number of hydrogen-bond acceptors (Lipinski definition) is 6. The van der Waals surface area contributed by atoms with Crippen molar-refractivity contribution < 1.29 is 19.4 Å². The number of esters is 1. The number of carbonyl (C=O) groups excluding carboxylic acids is 1. The molecule has 0 N–H and O–H groups in total. The molecule has 3 aromatic rings. The minimum absolute atomic E-state index is 0.0954. The molecule has 29 heavy (non-hydrogen) atoms. The van der Waals surface area contributed by atoms with E-state index in [1.54, 1.807) is 30.3 Å². The lowest BCUT2D eigenvalue weighted by molar-refractivity contribution is -0.385. The van der Waals surface area contributed by atoms with Gasteiger partial charge >= 0.3 is 5.97 Å². The normalized spacial score (nSPS) is 11.5. The quantitative estimate of drug-likeness (QED) is 0.316. The van der Waals surface area contributed by atoms with Crippen LogP contribution in [0.15, 0.2) is 72.8 Å². The van der Waals surface area contributed by atoms with Crippen LogP contribution in [0.5, 0.6) is 0 Å². The van der Waals surface area contributed by atoms with E-state index in [0.717, 1.165) is 0 Å². The molecule has 146 valence electrons. The summed E-state index contributed by atoms with van der Waals surface area (Å²) in [4.78, 5) is 33.4. The topological polar surface area (TPSA) is 113 Å². The minimum Gasteiger partial charge on any atom is -0.449 e. The lowest BCUT2D eigenvalue weighted by Gasteiger charge is -2.20. The Hall–Kier alpha value is -3.78. The number of nitro benzene ring substituents is 2. The predicted octanol–water partition coefficient (Wildman–Crippen LogP) is 5.10. The second-order valence-electron chi connectivity index (χ2n) is 5.96. The zero-order chi connectivity index (χ0) is 21.0. The minimum atomic E-state index is -1.01. The molecule has 8 nitrogen and oxygen atoms in total. The Kier molecular flexibility index (Phi) is 5.85. The summed E-state index contributed by atoms with van der Waals surface area (Å²) in [5.41, 5.74) is 0.546. The maximum atomic E-state index is 12.6. The zero-order valence-electron chi connectivity index (χ0n) is 14.7. The fourth-order valence-electron chi connectivity index (χ4n) is 2.68. The molecule has 3 rings (SSSR count). The van der Waals surface area contributed by atoms with Crippen LogP contribution in [0.4, 0.5) is 11.4 Å². The van der Waals surface area contributed by atoms with Crippen LogP contribution in [0, 0.1) is 20.2 Å². The van der Waals surface area contributed by atoms with Crippen LogP contribution >= 0.6 is 11.6 Å². The van der Waals surface area contributed by atoms with E-state index in [9.17, 15) is 25.0 Å². The van der Waals surface area contributed by atoms with Crippen LogP contribution in [0.3, 0.4) is 0 Å². The fraction of sp³-hybridized carbons (Fsp3) is 0.0500. The summed E-state index contributed by atoms with van der Waals surface area (Å²) < 4.78 is 5.61. The Bertz CT molecular complexity index is 1070. The van der Waals surface area contributed by atoms with Gasteiger partial charge in [-0.2, -0.15) is 0 Å². The highest BCUT2D eigenvalue weighted by Crippen LogP contribution is 2.34. The number of carbonyl (C=O) groups is 1. The fourth-order valence-corrected chi connectivity index (χ4v) is 2.90. The Labute approximate surface area is 169 Å². The van der Waals surface area contributed by atoms with E-state index in [-0.39, 0.29) is 27.5 Å². The molecule has 0 aromatic heterocycles. The second kappa shape index (κ2) is 8.49. The van der Waals surface area contributed by atoms with Crippen molar-refractivity contribution in [3.8, 4) is 0 Å². The third kappa shape index (κ3) is 4.56. The average Bonchev–Trinajstić information content (AvgIpc) is 2.73. The number of rotatable bonds is 6. The van der Waals surface area contributed by atoms with E-state index >= 15 is 0 Å². The van der Waals surface area contributed by atoms with Crippen LogP contribution in [0.1, 0.15) is 27.6 Å². The van der Waals surface area contributed by atoms with Gasteiger partial charge in [0.2, 0.25) is 0 Å². The molecular weight excluding hydrogens is 400 g/mol. The van der Waals surface area contributed by atoms with Gasteiger partial charge in [-0.15, -0.1) is 0 Å². The molecule has 0 unspecified atom stereocenters. The van der Waals surface area contributed by atoms with E-state index in [0.29, 0.717) is 5.56 Å². The summed E-state index contributed by atoms with van der Waals surface area (Å²) in [7, 11) is 0. The van der Waals surface area contributed by atoms with Gasteiger partial charge in [0.25, 0.3) is 11.4 Å². The van der Waals surface area contributed by atoms with E-state index < -0.39 is 21.9 Å². The molecular formula is C20H13ClN2O6. The number of halogens is 1. The molecule has 0 saturated carbocycles. The van der Waals surface area contributed by atoms with E-state index in [1.807, 2.05) is 0 Å². The van der Waals surface area contributed by atoms with E-state index in [1.165, 1.54) is 42.5 Å². The average molecular weight is 413 g/mol. The van der Waals surface area contributed by atoms with Gasteiger partial charge in [-0.3, -0.25) is 20.2 Å². The van der Waals surface area contributed by atoms with Gasteiger partial charge in [0.1, 0.15) is 0 Å². The smallest absolute Gasteiger partial charge is 0.339 e. The van der Waals surface area contributed by atoms with Crippen molar-refractivity contribution in [3.63, 3.8) is 0 Å². The van der Waals surface area contributed by atoms with E-state index in [2.05, 4.69) is 0 Å². The van der Waals surface area contributed by atoms with Crippen LogP contribution < -0.4 is 0 Å². The van der Waals surface area contributed by atoms with Crippen molar-refractivity contribution in [2.24, 2.45) is 0 Å². The van der Waals surface area contributed by atoms with Gasteiger partial charge in [0.05, 0.1) is 15.4 Å². The molecule has 0 spiro atoms. The SMILES string of the molecule is O=C(O[C@@H](c1ccccc1)c1cc([N+](=O)[O-])ccc1Cl)c1ccc([N+](=O)[O-])cc1. The highest BCUT2D eigenvalue weighted by atomic mass is 35.5. The Morgan fingerprint density at radius 2 is 1.45 bits per heavy atom. The third-order valence-electron chi connectivity index (χ3n) is 4.11. The van der Waals surface area contributed by atoms with Crippen molar-refractivity contribution in [3.05, 3.63) is 115 Å². The monoisotopic (exact) mass is 412 g/mol. The number of hydrogen-bond donors (Lipinski definition) is 0. The summed E-state index contributed by atoms with van der Waals surface area (Å²) in [5.74, 6) is -0.753. The standard InChI is InChI=1S/C20H13ClN2O6/c21-18-11-10-16(23(27)28)12-17(18)19(13-4-2-1-3-5-13)29-20(24)14-6-8-15(9-7-14)22(25)26/h1-12,19H/t19-/m0/s1. The molecule has 0 bridgehead atoms. The second-order valence-corrected chi connectivity index (χ2v) is 6.37. The van der Waals surface area contributed by atoms with Gasteiger partial charge in [-0.25, -0.2) is 4.79 Å². The first-order chi connectivity index (χ1) is 13.9. The highest BCUT2D eigenvalue weighted by molar-refractivity contribution is 6.31. The summed E-state index contributed by atoms with van der Waals surface area (Å²) >= 11 is 6.24. The molecule has 0 fully saturated rings. The molecule has 0 amide bonds. The first kappa shape index (κ1) is 20.0. The van der Waals surface area contributed by atoms with Crippen molar-refractivity contribution >= 4 is 28.9 Å². The molecule has 0 saturated heterocycles. The maximum Gasteiger partial charge on any atom is 0.339 e. The molecule has 1 atom stereocenters. The molecule has 9 heteroatoms. The van der Waals surface area contributed by atoms with Gasteiger partial charge in [0.15, 0.2) is 6.10 Å². The highest BCUT2D eigenvalue weighted by Gasteiger charge is 2.25. The van der Waals surface area contributed by atoms with Crippen LogP contribution in [-0.4, -0.2) is 15.8 Å². The lowest BCUT2D eigenvalue weighted by atomic mass is 10.0. The molecule has 0 heterocycles. The summed E-state index contributed by atoms with van der Waals surface area (Å²) in [6.45, 7) is 0.